The number of likely N-dealkylation sites (tertiary alicyclic amines) is 1. The number of hydrogen-bond donors (Lipinski definition) is 0. The number of rotatable bonds is 7. The van der Waals surface area contributed by atoms with E-state index in [4.69, 9.17) is 19.3 Å². The highest BCUT2D eigenvalue weighted by Crippen LogP contribution is 2.37. The number of piperidine rings is 1. The van der Waals surface area contributed by atoms with Gasteiger partial charge in [-0.1, -0.05) is 30.3 Å². The van der Waals surface area contributed by atoms with E-state index in [2.05, 4.69) is 17.2 Å². The Hall–Kier alpha value is -4.63. The molecule has 1 spiro atoms. The molecule has 210 valence electrons. The lowest BCUT2D eigenvalue weighted by molar-refractivity contribution is -0.000944. The Morgan fingerprint density at radius 3 is 2.41 bits per heavy atom. The van der Waals surface area contributed by atoms with Gasteiger partial charge in [-0.05, 0) is 48.5 Å². The normalized spacial score (nSPS) is 16.5. The van der Waals surface area contributed by atoms with Gasteiger partial charge in [0.15, 0.2) is 0 Å². The maximum atomic E-state index is 12.9. The number of ether oxygens (including phenoxy) is 3. The molecule has 6 rings (SSSR count). The lowest BCUT2D eigenvalue weighted by atomic mass is 9.91. The lowest BCUT2D eigenvalue weighted by Gasteiger charge is -2.37. The minimum absolute atomic E-state index is 0.353. The second-order valence-corrected chi connectivity index (χ2v) is 10.5. The summed E-state index contributed by atoms with van der Waals surface area (Å²) in [7, 11) is 3.01. The number of nitrogens with zero attached hydrogens (tertiary/aromatic N) is 4. The number of methoxy groups -OCH3 is 2. The fraction of sp³-hybridized carbons (Fsp3) is 0.281. The summed E-state index contributed by atoms with van der Waals surface area (Å²) in [6.45, 7) is 2.79. The molecule has 4 aromatic rings. The molecule has 41 heavy (non-hydrogen) atoms. The summed E-state index contributed by atoms with van der Waals surface area (Å²) in [5, 5.41) is 4.97. The second kappa shape index (κ2) is 11.1. The number of hydrogen-bond acceptors (Lipinski definition) is 7. The summed E-state index contributed by atoms with van der Waals surface area (Å²) in [6.07, 6.45) is 3.21. The van der Waals surface area contributed by atoms with E-state index in [0.717, 1.165) is 60.7 Å². The fourth-order valence-electron chi connectivity index (χ4n) is 5.59. The van der Waals surface area contributed by atoms with Crippen molar-refractivity contribution in [3.8, 4) is 22.7 Å². The first-order valence-electron chi connectivity index (χ1n) is 13.7. The number of aromatic nitrogens is 2. The Morgan fingerprint density at radius 2 is 1.71 bits per heavy atom. The van der Waals surface area contributed by atoms with Crippen molar-refractivity contribution in [1.29, 1.82) is 0 Å². The summed E-state index contributed by atoms with van der Waals surface area (Å²) in [5.41, 5.74) is 4.65. The third-order valence-electron chi connectivity index (χ3n) is 7.89. The molecular formula is C32H32N4O5. The Bertz CT molecular complexity index is 1540. The molecule has 3 aromatic carbocycles. The first-order valence-corrected chi connectivity index (χ1v) is 13.7. The number of anilines is 1. The van der Waals surface area contributed by atoms with Crippen LogP contribution in [0.3, 0.4) is 0 Å². The predicted molar refractivity (Wildman–Crippen MR) is 154 cm³/mol. The van der Waals surface area contributed by atoms with Crippen LogP contribution in [0.4, 0.5) is 10.5 Å². The maximum Gasteiger partial charge on any atom is 0.415 e. The van der Waals surface area contributed by atoms with Crippen LogP contribution >= 0.6 is 0 Å². The van der Waals surface area contributed by atoms with Crippen LogP contribution in [-0.4, -0.2) is 66.2 Å². The molecule has 0 radical (unpaired) electrons. The van der Waals surface area contributed by atoms with Crippen molar-refractivity contribution < 1.29 is 23.8 Å². The Labute approximate surface area is 238 Å². The number of carbonyl (C=O) groups excluding carboxylic acids is 2. The van der Waals surface area contributed by atoms with Gasteiger partial charge in [0.05, 0.1) is 37.7 Å². The third-order valence-corrected chi connectivity index (χ3v) is 7.89. The minimum atomic E-state index is -0.529. The topological polar surface area (TPSA) is 86.1 Å². The van der Waals surface area contributed by atoms with Crippen LogP contribution in [0.1, 0.15) is 28.8 Å². The van der Waals surface area contributed by atoms with E-state index >= 15 is 0 Å². The molecule has 1 amide bonds. The zero-order chi connectivity index (χ0) is 28.4. The van der Waals surface area contributed by atoms with Crippen LogP contribution in [-0.2, 0) is 16.0 Å². The molecule has 0 bridgehead atoms. The van der Waals surface area contributed by atoms with E-state index < -0.39 is 11.6 Å². The van der Waals surface area contributed by atoms with Gasteiger partial charge < -0.3 is 14.2 Å². The van der Waals surface area contributed by atoms with Gasteiger partial charge in [-0.3, -0.25) is 9.80 Å². The van der Waals surface area contributed by atoms with Gasteiger partial charge in [0, 0.05) is 55.5 Å². The quantitative estimate of drug-likeness (QED) is 0.287. The van der Waals surface area contributed by atoms with Crippen molar-refractivity contribution in [3.05, 3.63) is 96.2 Å². The van der Waals surface area contributed by atoms with Gasteiger partial charge in [-0.25, -0.2) is 14.3 Å². The standard InChI is InChI=1S/C32H32N4O5/c1-39-28-10-6-7-24(19-28)29-25(21-36(33-29)27-8-4-3-5-9-27)20-34-17-15-32(16-18-34)22-35(31(38)41-32)26-13-11-23(12-14-26)30(37)40-2/h3-14,19,21H,15-18,20,22H2,1-2H3. The lowest BCUT2D eigenvalue weighted by Crippen LogP contribution is -2.46. The van der Waals surface area contributed by atoms with Crippen LogP contribution in [0.5, 0.6) is 5.75 Å². The molecular weight excluding hydrogens is 520 g/mol. The maximum absolute atomic E-state index is 12.9. The number of carbonyl (C=O) groups is 2. The van der Waals surface area contributed by atoms with Gasteiger partial charge in [0.25, 0.3) is 0 Å². The monoisotopic (exact) mass is 552 g/mol. The second-order valence-electron chi connectivity index (χ2n) is 10.5. The van der Waals surface area contributed by atoms with Crippen LogP contribution in [0.25, 0.3) is 16.9 Å². The largest absolute Gasteiger partial charge is 0.497 e. The summed E-state index contributed by atoms with van der Waals surface area (Å²) in [5.74, 6) is 0.378. The van der Waals surface area contributed by atoms with Crippen LogP contribution in [0.2, 0.25) is 0 Å². The molecule has 2 aliphatic rings. The zero-order valence-corrected chi connectivity index (χ0v) is 23.2. The zero-order valence-electron chi connectivity index (χ0n) is 23.2. The number of amides is 1. The number of benzene rings is 3. The van der Waals surface area contributed by atoms with Gasteiger partial charge in [0.1, 0.15) is 11.4 Å². The molecule has 1 aromatic heterocycles. The van der Waals surface area contributed by atoms with Crippen molar-refractivity contribution >= 4 is 17.7 Å². The summed E-state index contributed by atoms with van der Waals surface area (Å²) in [6, 6.07) is 24.9. The fourth-order valence-corrected chi connectivity index (χ4v) is 5.59. The minimum Gasteiger partial charge on any atom is -0.497 e. The van der Waals surface area contributed by atoms with E-state index in [-0.39, 0.29) is 6.09 Å². The van der Waals surface area contributed by atoms with Crippen molar-refractivity contribution in [1.82, 2.24) is 14.7 Å². The number of esters is 1. The van der Waals surface area contributed by atoms with Crippen molar-refractivity contribution in [2.75, 3.05) is 38.8 Å². The van der Waals surface area contributed by atoms with E-state index in [1.54, 1.807) is 36.3 Å². The first kappa shape index (κ1) is 26.6. The van der Waals surface area contributed by atoms with Crippen LogP contribution < -0.4 is 9.64 Å². The first-order chi connectivity index (χ1) is 20.0. The Morgan fingerprint density at radius 1 is 0.951 bits per heavy atom. The Balaban J connectivity index is 1.17. The van der Waals surface area contributed by atoms with Crippen molar-refractivity contribution in [3.63, 3.8) is 0 Å². The van der Waals surface area contributed by atoms with Crippen LogP contribution in [0.15, 0.2) is 85.1 Å². The number of para-hydroxylation sites is 1. The highest BCUT2D eigenvalue weighted by Gasteiger charge is 2.47. The van der Waals surface area contributed by atoms with E-state index in [9.17, 15) is 9.59 Å². The average Bonchev–Trinajstić information content (AvgIpc) is 3.59. The molecule has 0 unspecified atom stereocenters. The predicted octanol–water partition coefficient (Wildman–Crippen LogP) is 5.33. The molecule has 9 heteroatoms. The van der Waals surface area contributed by atoms with E-state index in [1.165, 1.54) is 7.11 Å². The highest BCUT2D eigenvalue weighted by atomic mass is 16.6. The van der Waals surface area contributed by atoms with Crippen LogP contribution in [0, 0.1) is 0 Å². The summed E-state index contributed by atoms with van der Waals surface area (Å²) < 4.78 is 18.1. The molecule has 0 N–H and O–H groups in total. The molecule has 3 heterocycles. The SMILES string of the molecule is COC(=O)c1ccc(N2CC3(CCN(Cc4cn(-c5ccccc5)nc4-c4cccc(OC)c4)CC3)OC2=O)cc1. The summed E-state index contributed by atoms with van der Waals surface area (Å²) in [4.78, 5) is 28.7. The van der Waals surface area contributed by atoms with Crippen molar-refractivity contribution in [2.45, 2.75) is 25.0 Å². The van der Waals surface area contributed by atoms with Gasteiger partial charge in [-0.2, -0.15) is 5.10 Å². The highest BCUT2D eigenvalue weighted by molar-refractivity contribution is 5.93. The van der Waals surface area contributed by atoms with E-state index in [0.29, 0.717) is 17.8 Å². The summed E-state index contributed by atoms with van der Waals surface area (Å²) >= 11 is 0. The van der Waals surface area contributed by atoms with Gasteiger partial charge in [-0.15, -0.1) is 0 Å². The molecule has 0 atom stereocenters. The van der Waals surface area contributed by atoms with Crippen molar-refractivity contribution in [2.24, 2.45) is 0 Å². The van der Waals surface area contributed by atoms with Gasteiger partial charge >= 0.3 is 12.1 Å². The molecule has 2 aliphatic heterocycles. The average molecular weight is 553 g/mol. The molecule has 0 saturated carbocycles. The molecule has 0 aliphatic carbocycles. The molecule has 2 fully saturated rings. The smallest absolute Gasteiger partial charge is 0.415 e. The molecule has 9 nitrogen and oxygen atoms in total. The third kappa shape index (κ3) is 5.40. The molecule has 2 saturated heterocycles. The van der Waals surface area contributed by atoms with E-state index in [1.807, 2.05) is 53.2 Å². The van der Waals surface area contributed by atoms with Gasteiger partial charge in [0.2, 0.25) is 0 Å². The Kier molecular flexibility index (Phi) is 7.19.